The normalized spacial score (nSPS) is 9.40. The molecule has 0 N–H and O–H groups in total. The largest absolute Gasteiger partial charge is 0.518 e. The van der Waals surface area contributed by atoms with Crippen molar-refractivity contribution in [2.75, 3.05) is 0 Å². The predicted molar refractivity (Wildman–Crippen MR) is 37.2 cm³/mol. The maximum atomic E-state index is 10.5. The summed E-state index contributed by atoms with van der Waals surface area (Å²) < 4.78 is 8.84. The Bertz CT molecular complexity index is 158. The maximum absolute atomic E-state index is 10.5. The highest BCUT2D eigenvalue weighted by atomic mass is 16.7. The summed E-state index contributed by atoms with van der Waals surface area (Å²) in [4.78, 5) is 10.5. The fourth-order valence-electron chi connectivity index (χ4n) is 0.290. The molecule has 0 aromatic carbocycles. The van der Waals surface area contributed by atoms with Crippen LogP contribution < -0.4 is 0 Å². The minimum absolute atomic E-state index is 0.314. The van der Waals surface area contributed by atoms with Gasteiger partial charge in [-0.25, -0.2) is 4.79 Å². The van der Waals surface area contributed by atoms with Crippen molar-refractivity contribution < 1.29 is 14.3 Å². The lowest BCUT2D eigenvalue weighted by Crippen LogP contribution is -2.00. The molecule has 10 heavy (non-hydrogen) atoms. The standard InChI is InChI=1S/C7H10O3/c1-4-5-9-7(8)10-6(2)3/h4-5H,2H2,1,3H3/b5-4+. The van der Waals surface area contributed by atoms with Crippen LogP contribution in [-0.4, -0.2) is 6.16 Å². The van der Waals surface area contributed by atoms with Gasteiger partial charge in [0, 0.05) is 0 Å². The Morgan fingerprint density at radius 3 is 2.60 bits per heavy atom. The number of rotatable bonds is 2. The molecule has 56 valence electrons. The monoisotopic (exact) mass is 142 g/mol. The molecule has 3 nitrogen and oxygen atoms in total. The first-order valence-corrected chi connectivity index (χ1v) is 2.82. The van der Waals surface area contributed by atoms with Gasteiger partial charge in [-0.05, 0) is 13.8 Å². The summed E-state index contributed by atoms with van der Waals surface area (Å²) in [6.45, 7) is 6.65. The molecular formula is C7H10O3. The maximum Gasteiger partial charge on any atom is 0.518 e. The molecule has 0 heterocycles. The van der Waals surface area contributed by atoms with Gasteiger partial charge in [0.1, 0.15) is 5.76 Å². The van der Waals surface area contributed by atoms with E-state index in [2.05, 4.69) is 16.1 Å². The summed E-state index contributed by atoms with van der Waals surface area (Å²) in [5.74, 6) is 0.314. The van der Waals surface area contributed by atoms with Gasteiger partial charge in [0.25, 0.3) is 0 Å². The summed E-state index contributed by atoms with van der Waals surface area (Å²) in [6, 6.07) is 0. The van der Waals surface area contributed by atoms with Crippen LogP contribution in [0.2, 0.25) is 0 Å². The van der Waals surface area contributed by atoms with Crippen molar-refractivity contribution in [2.45, 2.75) is 13.8 Å². The van der Waals surface area contributed by atoms with E-state index in [1.165, 1.54) is 6.26 Å². The second-order valence-corrected chi connectivity index (χ2v) is 1.64. The number of ether oxygens (including phenoxy) is 2. The molecule has 3 heteroatoms. The van der Waals surface area contributed by atoms with Gasteiger partial charge in [0.15, 0.2) is 0 Å². The Balaban J connectivity index is 3.54. The summed E-state index contributed by atoms with van der Waals surface area (Å²) in [7, 11) is 0. The van der Waals surface area contributed by atoms with Crippen LogP contribution in [0, 0.1) is 0 Å². The zero-order valence-electron chi connectivity index (χ0n) is 6.09. The first-order chi connectivity index (χ1) is 4.66. The molecular weight excluding hydrogens is 132 g/mol. The van der Waals surface area contributed by atoms with Crippen LogP contribution in [-0.2, 0) is 9.47 Å². The molecule has 0 atom stereocenters. The molecule has 0 amide bonds. The number of carbonyl (C=O) groups is 1. The average molecular weight is 142 g/mol. The highest BCUT2D eigenvalue weighted by Crippen LogP contribution is 1.94. The Hall–Kier alpha value is -1.25. The lowest BCUT2D eigenvalue weighted by atomic mass is 10.7. The van der Waals surface area contributed by atoms with E-state index >= 15 is 0 Å². The molecule has 0 bridgehead atoms. The summed E-state index contributed by atoms with van der Waals surface area (Å²) in [6.07, 6.45) is 2.07. The van der Waals surface area contributed by atoms with Crippen LogP contribution in [0.15, 0.2) is 24.7 Å². The molecule has 0 aromatic heterocycles. The summed E-state index contributed by atoms with van der Waals surface area (Å²) in [5.41, 5.74) is 0. The third-order valence-electron chi connectivity index (χ3n) is 0.558. The van der Waals surface area contributed by atoms with Gasteiger partial charge in [0.05, 0.1) is 6.26 Å². The molecule has 0 saturated heterocycles. The Morgan fingerprint density at radius 1 is 1.60 bits per heavy atom. The van der Waals surface area contributed by atoms with Crippen LogP contribution in [0.4, 0.5) is 4.79 Å². The van der Waals surface area contributed by atoms with Crippen molar-refractivity contribution in [3.05, 3.63) is 24.7 Å². The molecule has 0 unspecified atom stereocenters. The smallest absolute Gasteiger partial charge is 0.403 e. The molecule has 0 rings (SSSR count). The van der Waals surface area contributed by atoms with Gasteiger partial charge >= 0.3 is 6.16 Å². The average Bonchev–Trinajstić information content (AvgIpc) is 1.82. The van der Waals surface area contributed by atoms with E-state index < -0.39 is 6.16 Å². The Morgan fingerprint density at radius 2 is 2.20 bits per heavy atom. The van der Waals surface area contributed by atoms with Crippen molar-refractivity contribution >= 4 is 6.16 Å². The zero-order chi connectivity index (χ0) is 7.98. The number of carbonyl (C=O) groups excluding carboxylic acids is 1. The molecule has 0 radical (unpaired) electrons. The lowest BCUT2D eigenvalue weighted by molar-refractivity contribution is 0.111. The van der Waals surface area contributed by atoms with Gasteiger partial charge in [-0.15, -0.1) is 0 Å². The first kappa shape index (κ1) is 8.75. The van der Waals surface area contributed by atoms with Crippen molar-refractivity contribution in [3.63, 3.8) is 0 Å². The van der Waals surface area contributed by atoms with Gasteiger partial charge in [-0.1, -0.05) is 12.7 Å². The van der Waals surface area contributed by atoms with Gasteiger partial charge < -0.3 is 9.47 Å². The number of allylic oxidation sites excluding steroid dienone is 2. The van der Waals surface area contributed by atoms with E-state index in [0.717, 1.165) is 0 Å². The second kappa shape index (κ2) is 4.61. The quantitative estimate of drug-likeness (QED) is 0.438. The van der Waals surface area contributed by atoms with Crippen molar-refractivity contribution in [3.8, 4) is 0 Å². The van der Waals surface area contributed by atoms with Gasteiger partial charge in [-0.3, -0.25) is 0 Å². The minimum Gasteiger partial charge on any atom is -0.403 e. The Labute approximate surface area is 59.9 Å². The molecule has 0 fully saturated rings. The zero-order valence-corrected chi connectivity index (χ0v) is 6.09. The molecule has 0 saturated carbocycles. The van der Waals surface area contributed by atoms with Crippen LogP contribution in [0.25, 0.3) is 0 Å². The predicted octanol–water partition coefficient (Wildman–Crippen LogP) is 2.21. The van der Waals surface area contributed by atoms with Crippen LogP contribution in [0.5, 0.6) is 0 Å². The van der Waals surface area contributed by atoms with E-state index in [4.69, 9.17) is 0 Å². The van der Waals surface area contributed by atoms with E-state index in [1.54, 1.807) is 19.9 Å². The molecule has 0 aliphatic heterocycles. The molecule has 0 aliphatic rings. The SMILES string of the molecule is C=C(C)OC(=O)O/C=C/C. The van der Waals surface area contributed by atoms with E-state index in [0.29, 0.717) is 5.76 Å². The van der Waals surface area contributed by atoms with Gasteiger partial charge in [0.2, 0.25) is 0 Å². The highest BCUT2D eigenvalue weighted by Gasteiger charge is 1.99. The van der Waals surface area contributed by atoms with Crippen molar-refractivity contribution in [1.29, 1.82) is 0 Å². The van der Waals surface area contributed by atoms with Crippen LogP contribution in [0.3, 0.4) is 0 Å². The fraction of sp³-hybridized carbons (Fsp3) is 0.286. The lowest BCUT2D eigenvalue weighted by Gasteiger charge is -1.98. The first-order valence-electron chi connectivity index (χ1n) is 2.82. The topological polar surface area (TPSA) is 35.5 Å². The van der Waals surface area contributed by atoms with E-state index in [-0.39, 0.29) is 0 Å². The molecule has 0 spiro atoms. The Kier molecular flexibility index (Phi) is 4.04. The van der Waals surface area contributed by atoms with E-state index in [9.17, 15) is 4.79 Å². The van der Waals surface area contributed by atoms with Gasteiger partial charge in [-0.2, -0.15) is 0 Å². The van der Waals surface area contributed by atoms with Crippen LogP contribution >= 0.6 is 0 Å². The number of hydrogen-bond donors (Lipinski definition) is 0. The molecule has 0 aliphatic carbocycles. The van der Waals surface area contributed by atoms with Crippen LogP contribution in [0.1, 0.15) is 13.8 Å². The third kappa shape index (κ3) is 4.90. The summed E-state index contributed by atoms with van der Waals surface area (Å²) in [5, 5.41) is 0. The molecule has 0 aromatic rings. The second-order valence-electron chi connectivity index (χ2n) is 1.64. The minimum atomic E-state index is -0.759. The summed E-state index contributed by atoms with van der Waals surface area (Å²) >= 11 is 0. The van der Waals surface area contributed by atoms with E-state index in [1.807, 2.05) is 0 Å². The highest BCUT2D eigenvalue weighted by molar-refractivity contribution is 5.61. The fourth-order valence-corrected chi connectivity index (χ4v) is 0.290. The number of hydrogen-bond acceptors (Lipinski definition) is 3. The third-order valence-corrected chi connectivity index (χ3v) is 0.558. The van der Waals surface area contributed by atoms with Crippen molar-refractivity contribution in [1.82, 2.24) is 0 Å². The van der Waals surface area contributed by atoms with Crippen molar-refractivity contribution in [2.24, 2.45) is 0 Å².